The lowest BCUT2D eigenvalue weighted by Gasteiger charge is -2.06. The topological polar surface area (TPSA) is 83.6 Å². The average molecular weight is 363 g/mol. The van der Waals surface area contributed by atoms with Gasteiger partial charge in [-0.25, -0.2) is 4.98 Å². The summed E-state index contributed by atoms with van der Waals surface area (Å²) in [4.78, 5) is 16.8. The van der Waals surface area contributed by atoms with Gasteiger partial charge in [-0.15, -0.1) is 11.3 Å². The zero-order chi connectivity index (χ0) is 17.9. The maximum Gasteiger partial charge on any atom is 0.251 e. The van der Waals surface area contributed by atoms with E-state index in [4.69, 9.17) is 0 Å². The molecule has 2 aromatic heterocycles. The van der Waals surface area contributed by atoms with Gasteiger partial charge in [0.2, 0.25) is 0 Å². The van der Waals surface area contributed by atoms with Crippen molar-refractivity contribution in [1.82, 2.24) is 25.7 Å². The van der Waals surface area contributed by atoms with Crippen molar-refractivity contribution in [1.29, 1.82) is 0 Å². The second-order valence-electron chi connectivity index (χ2n) is 5.98. The number of hydrogen-bond donors (Lipinski definition) is 2. The van der Waals surface area contributed by atoms with Crippen molar-refractivity contribution in [2.45, 2.75) is 13.3 Å². The predicted molar refractivity (Wildman–Crippen MR) is 102 cm³/mol. The van der Waals surface area contributed by atoms with Gasteiger partial charge >= 0.3 is 0 Å². The smallest absolute Gasteiger partial charge is 0.251 e. The second kappa shape index (κ2) is 7.05. The van der Waals surface area contributed by atoms with Crippen molar-refractivity contribution in [2.75, 3.05) is 6.54 Å². The standard InChI is InChI=1S/C19H17N5OS/c1-12-21-18(11-26-12)14-4-2-13(3-5-14)8-9-20-19(25)15-6-7-16-17(10-15)23-24-22-16/h2-7,10-11H,8-9H2,1H3,(H,20,25)(H,22,23,24). The highest BCUT2D eigenvalue weighted by atomic mass is 32.1. The van der Waals surface area contributed by atoms with Gasteiger partial charge in [-0.1, -0.05) is 24.3 Å². The molecule has 0 radical (unpaired) electrons. The molecule has 0 spiro atoms. The number of aromatic amines is 1. The SMILES string of the molecule is Cc1nc(-c2ccc(CCNC(=O)c3ccc4n[nH]nc4c3)cc2)cs1. The predicted octanol–water partition coefficient (Wildman–Crippen LogP) is 3.36. The van der Waals surface area contributed by atoms with Gasteiger partial charge in [0, 0.05) is 23.1 Å². The Morgan fingerprint density at radius 1 is 1.12 bits per heavy atom. The Kier molecular flexibility index (Phi) is 4.45. The van der Waals surface area contributed by atoms with Crippen molar-refractivity contribution in [3.05, 3.63) is 64.0 Å². The minimum absolute atomic E-state index is 0.107. The fraction of sp³-hybridized carbons (Fsp3) is 0.158. The van der Waals surface area contributed by atoms with Crippen LogP contribution in [0.25, 0.3) is 22.3 Å². The third-order valence-corrected chi connectivity index (χ3v) is 4.92. The summed E-state index contributed by atoms with van der Waals surface area (Å²) in [6, 6.07) is 13.6. The summed E-state index contributed by atoms with van der Waals surface area (Å²) < 4.78 is 0. The van der Waals surface area contributed by atoms with Gasteiger partial charge in [0.1, 0.15) is 11.0 Å². The van der Waals surface area contributed by atoms with Crippen molar-refractivity contribution in [3.8, 4) is 11.3 Å². The molecular formula is C19H17N5OS. The molecule has 4 aromatic rings. The van der Waals surface area contributed by atoms with E-state index in [9.17, 15) is 4.79 Å². The normalized spacial score (nSPS) is 11.0. The Bertz CT molecular complexity index is 1050. The fourth-order valence-corrected chi connectivity index (χ4v) is 3.36. The summed E-state index contributed by atoms with van der Waals surface area (Å²) in [5.41, 5.74) is 5.31. The van der Waals surface area contributed by atoms with Crippen molar-refractivity contribution >= 4 is 28.3 Å². The van der Waals surface area contributed by atoms with E-state index in [0.717, 1.165) is 28.2 Å². The average Bonchev–Trinajstić information content (AvgIpc) is 3.30. The molecule has 26 heavy (non-hydrogen) atoms. The van der Waals surface area contributed by atoms with Crippen LogP contribution in [0.15, 0.2) is 47.8 Å². The van der Waals surface area contributed by atoms with Crippen molar-refractivity contribution < 1.29 is 4.79 Å². The van der Waals surface area contributed by atoms with Crippen LogP contribution in [0, 0.1) is 6.92 Å². The molecular weight excluding hydrogens is 346 g/mol. The zero-order valence-electron chi connectivity index (χ0n) is 14.2. The van der Waals surface area contributed by atoms with E-state index in [-0.39, 0.29) is 5.91 Å². The van der Waals surface area contributed by atoms with E-state index in [0.29, 0.717) is 17.6 Å². The Balaban J connectivity index is 1.34. The van der Waals surface area contributed by atoms with Crippen LogP contribution in [-0.2, 0) is 6.42 Å². The van der Waals surface area contributed by atoms with Crippen LogP contribution >= 0.6 is 11.3 Å². The molecule has 2 heterocycles. The van der Waals surface area contributed by atoms with Gasteiger partial charge in [-0.05, 0) is 37.1 Å². The first-order chi connectivity index (χ1) is 12.7. The molecule has 0 saturated heterocycles. The van der Waals surface area contributed by atoms with Crippen LogP contribution in [0.3, 0.4) is 0 Å². The molecule has 4 rings (SSSR count). The Labute approximate surface area is 154 Å². The monoisotopic (exact) mass is 363 g/mol. The fourth-order valence-electron chi connectivity index (χ4n) is 2.74. The van der Waals surface area contributed by atoms with Gasteiger partial charge in [-0.3, -0.25) is 4.79 Å². The molecule has 0 bridgehead atoms. The first kappa shape index (κ1) is 16.4. The maximum absolute atomic E-state index is 12.3. The van der Waals surface area contributed by atoms with E-state index < -0.39 is 0 Å². The lowest BCUT2D eigenvalue weighted by atomic mass is 10.1. The number of rotatable bonds is 5. The van der Waals surface area contributed by atoms with E-state index >= 15 is 0 Å². The minimum Gasteiger partial charge on any atom is -0.352 e. The molecule has 0 aliphatic rings. The molecule has 0 unspecified atom stereocenters. The van der Waals surface area contributed by atoms with E-state index in [2.05, 4.69) is 55.4 Å². The van der Waals surface area contributed by atoms with Crippen LogP contribution in [0.4, 0.5) is 0 Å². The summed E-state index contributed by atoms with van der Waals surface area (Å²) in [5.74, 6) is -0.107. The number of fused-ring (bicyclic) bond motifs is 1. The van der Waals surface area contributed by atoms with Gasteiger partial charge in [0.25, 0.3) is 5.91 Å². The molecule has 1 amide bonds. The number of H-pyrrole nitrogens is 1. The van der Waals surface area contributed by atoms with E-state index in [1.54, 1.807) is 29.5 Å². The Morgan fingerprint density at radius 3 is 2.69 bits per heavy atom. The Hall–Kier alpha value is -3.06. The summed E-state index contributed by atoms with van der Waals surface area (Å²) in [5, 5.41) is 16.6. The lowest BCUT2D eigenvalue weighted by molar-refractivity contribution is 0.0954. The molecule has 2 aromatic carbocycles. The van der Waals surface area contributed by atoms with Crippen LogP contribution in [0.1, 0.15) is 20.9 Å². The molecule has 0 aliphatic carbocycles. The highest BCUT2D eigenvalue weighted by Crippen LogP contribution is 2.21. The first-order valence-corrected chi connectivity index (χ1v) is 9.17. The highest BCUT2D eigenvalue weighted by molar-refractivity contribution is 7.09. The number of thiazole rings is 1. The molecule has 0 aliphatic heterocycles. The number of hydrogen-bond acceptors (Lipinski definition) is 5. The van der Waals surface area contributed by atoms with E-state index in [1.165, 1.54) is 5.56 Å². The van der Waals surface area contributed by atoms with E-state index in [1.807, 2.05) is 6.92 Å². The molecule has 2 N–H and O–H groups in total. The largest absolute Gasteiger partial charge is 0.352 e. The maximum atomic E-state index is 12.3. The molecule has 0 atom stereocenters. The summed E-state index contributed by atoms with van der Waals surface area (Å²) >= 11 is 1.65. The molecule has 0 fully saturated rings. The zero-order valence-corrected chi connectivity index (χ0v) is 15.0. The number of nitrogens with zero attached hydrogens (tertiary/aromatic N) is 3. The molecule has 6 nitrogen and oxygen atoms in total. The van der Waals surface area contributed by atoms with Gasteiger partial charge in [-0.2, -0.15) is 15.4 Å². The van der Waals surface area contributed by atoms with Gasteiger partial charge < -0.3 is 5.32 Å². The summed E-state index contributed by atoms with van der Waals surface area (Å²) in [7, 11) is 0. The number of benzene rings is 2. The number of carbonyl (C=O) groups excluding carboxylic acids is 1. The summed E-state index contributed by atoms with van der Waals surface area (Å²) in [6.45, 7) is 2.58. The molecule has 7 heteroatoms. The quantitative estimate of drug-likeness (QED) is 0.569. The highest BCUT2D eigenvalue weighted by Gasteiger charge is 2.08. The Morgan fingerprint density at radius 2 is 1.92 bits per heavy atom. The van der Waals surface area contributed by atoms with Gasteiger partial charge in [0.15, 0.2) is 0 Å². The number of aromatic nitrogens is 4. The summed E-state index contributed by atoms with van der Waals surface area (Å²) in [6.07, 6.45) is 0.772. The van der Waals surface area contributed by atoms with Crippen LogP contribution < -0.4 is 5.32 Å². The number of aryl methyl sites for hydroxylation is 1. The van der Waals surface area contributed by atoms with Crippen molar-refractivity contribution in [3.63, 3.8) is 0 Å². The minimum atomic E-state index is -0.107. The van der Waals surface area contributed by atoms with Gasteiger partial charge in [0.05, 0.1) is 10.7 Å². The number of nitrogens with one attached hydrogen (secondary N) is 2. The second-order valence-corrected chi connectivity index (χ2v) is 7.04. The van der Waals surface area contributed by atoms with Crippen LogP contribution in [0.2, 0.25) is 0 Å². The third-order valence-electron chi connectivity index (χ3n) is 4.15. The van der Waals surface area contributed by atoms with Crippen LogP contribution in [-0.4, -0.2) is 32.8 Å². The lowest BCUT2D eigenvalue weighted by Crippen LogP contribution is -2.25. The molecule has 130 valence electrons. The molecule has 0 saturated carbocycles. The first-order valence-electron chi connectivity index (χ1n) is 8.29. The third kappa shape index (κ3) is 3.48. The van der Waals surface area contributed by atoms with Crippen LogP contribution in [0.5, 0.6) is 0 Å². The van der Waals surface area contributed by atoms with Crippen molar-refractivity contribution in [2.24, 2.45) is 0 Å². The number of carbonyl (C=O) groups is 1. The number of amides is 1.